The van der Waals surface area contributed by atoms with Crippen LogP contribution in [0.25, 0.3) is 0 Å². The number of aromatic nitrogens is 1. The normalized spacial score (nSPS) is 11.9. The first kappa shape index (κ1) is 15.2. The second-order valence-electron chi connectivity index (χ2n) is 4.09. The summed E-state index contributed by atoms with van der Waals surface area (Å²) >= 11 is 0. The first-order valence-corrected chi connectivity index (χ1v) is 6.26. The van der Waals surface area contributed by atoms with Crippen molar-refractivity contribution in [2.45, 2.75) is 26.3 Å². The van der Waals surface area contributed by atoms with Crippen LogP contribution in [-0.4, -0.2) is 36.2 Å². The van der Waals surface area contributed by atoms with E-state index in [0.29, 0.717) is 24.8 Å². The Morgan fingerprint density at radius 2 is 2.11 bits per heavy atom. The van der Waals surface area contributed by atoms with Gasteiger partial charge in [0.1, 0.15) is 11.6 Å². The van der Waals surface area contributed by atoms with Crippen LogP contribution in [-0.2, 0) is 4.74 Å². The van der Waals surface area contributed by atoms with Crippen LogP contribution >= 0.6 is 0 Å². The molecule has 0 saturated heterocycles. The monoisotopic (exact) mass is 268 g/mol. The lowest BCUT2D eigenvalue weighted by Crippen LogP contribution is -2.24. The summed E-state index contributed by atoms with van der Waals surface area (Å²) in [6.07, 6.45) is 0.842. The van der Waals surface area contributed by atoms with E-state index < -0.39 is 4.92 Å². The summed E-state index contributed by atoms with van der Waals surface area (Å²) in [6, 6.07) is 2.93. The van der Waals surface area contributed by atoms with E-state index in [1.165, 1.54) is 12.1 Å². The molecule has 2 N–H and O–H groups in total. The largest absolute Gasteiger partial charge is 0.383 e. The molecule has 1 atom stereocenters. The second-order valence-corrected chi connectivity index (χ2v) is 4.09. The molecule has 0 saturated carbocycles. The highest BCUT2D eigenvalue weighted by Gasteiger charge is 2.13. The summed E-state index contributed by atoms with van der Waals surface area (Å²) in [5, 5.41) is 17.0. The fourth-order valence-corrected chi connectivity index (χ4v) is 1.64. The van der Waals surface area contributed by atoms with Crippen LogP contribution in [0.1, 0.15) is 20.3 Å². The Labute approximate surface area is 112 Å². The number of anilines is 2. The summed E-state index contributed by atoms with van der Waals surface area (Å²) < 4.78 is 5.08. The summed E-state index contributed by atoms with van der Waals surface area (Å²) in [5.41, 5.74) is 0.0146. The molecule has 1 aromatic rings. The van der Waals surface area contributed by atoms with E-state index in [4.69, 9.17) is 4.74 Å². The number of hydrogen-bond donors (Lipinski definition) is 2. The molecule has 0 radical (unpaired) electrons. The molecule has 7 nitrogen and oxygen atoms in total. The summed E-state index contributed by atoms with van der Waals surface area (Å²) in [5.74, 6) is 0.973. The standard InChI is InChI=1S/C12H20N4O3/c1-4-9(8-19-3)14-12-7-10(16(17)18)6-11(15-12)13-5-2/h6-7,9H,4-5,8H2,1-3H3,(H2,13,14,15). The van der Waals surface area contributed by atoms with Gasteiger partial charge in [-0.05, 0) is 13.3 Å². The first-order valence-electron chi connectivity index (χ1n) is 6.26. The summed E-state index contributed by atoms with van der Waals surface area (Å²) in [4.78, 5) is 14.8. The molecular formula is C12H20N4O3. The van der Waals surface area contributed by atoms with Gasteiger partial charge in [-0.3, -0.25) is 10.1 Å². The van der Waals surface area contributed by atoms with E-state index in [2.05, 4.69) is 15.6 Å². The van der Waals surface area contributed by atoms with Gasteiger partial charge < -0.3 is 15.4 Å². The number of pyridine rings is 1. The minimum absolute atomic E-state index is 0.0146. The van der Waals surface area contributed by atoms with Gasteiger partial charge in [-0.1, -0.05) is 6.92 Å². The molecule has 0 amide bonds. The van der Waals surface area contributed by atoms with Crippen molar-refractivity contribution in [3.8, 4) is 0 Å². The van der Waals surface area contributed by atoms with Crippen molar-refractivity contribution < 1.29 is 9.66 Å². The van der Waals surface area contributed by atoms with Gasteiger partial charge in [0.15, 0.2) is 0 Å². The first-order chi connectivity index (χ1) is 9.10. The quantitative estimate of drug-likeness (QED) is 0.555. The van der Waals surface area contributed by atoms with Crippen LogP contribution in [0.5, 0.6) is 0 Å². The molecule has 0 aliphatic rings. The predicted molar refractivity (Wildman–Crippen MR) is 74.6 cm³/mol. The van der Waals surface area contributed by atoms with Gasteiger partial charge in [-0.15, -0.1) is 0 Å². The molecule has 106 valence electrons. The topological polar surface area (TPSA) is 89.3 Å². The number of methoxy groups -OCH3 is 1. The van der Waals surface area contributed by atoms with Crippen molar-refractivity contribution in [1.29, 1.82) is 0 Å². The Morgan fingerprint density at radius 1 is 1.42 bits per heavy atom. The number of rotatable bonds is 8. The Hall–Kier alpha value is -1.89. The molecule has 0 fully saturated rings. The zero-order chi connectivity index (χ0) is 14.3. The second kappa shape index (κ2) is 7.52. The van der Waals surface area contributed by atoms with E-state index in [9.17, 15) is 10.1 Å². The van der Waals surface area contributed by atoms with Gasteiger partial charge in [0, 0.05) is 13.7 Å². The molecule has 0 bridgehead atoms. The third-order valence-electron chi connectivity index (χ3n) is 2.59. The van der Waals surface area contributed by atoms with Crippen molar-refractivity contribution in [3.63, 3.8) is 0 Å². The lowest BCUT2D eigenvalue weighted by Gasteiger charge is -2.17. The fraction of sp³-hybridized carbons (Fsp3) is 0.583. The average molecular weight is 268 g/mol. The van der Waals surface area contributed by atoms with E-state index in [0.717, 1.165) is 6.42 Å². The molecule has 0 aliphatic heterocycles. The fourth-order valence-electron chi connectivity index (χ4n) is 1.64. The van der Waals surface area contributed by atoms with E-state index in [1.807, 2.05) is 13.8 Å². The maximum atomic E-state index is 10.9. The Balaban J connectivity index is 2.94. The minimum Gasteiger partial charge on any atom is -0.383 e. The van der Waals surface area contributed by atoms with Crippen LogP contribution in [0.4, 0.5) is 17.3 Å². The number of nitrogens with zero attached hydrogens (tertiary/aromatic N) is 2. The minimum atomic E-state index is -0.426. The van der Waals surface area contributed by atoms with E-state index in [1.54, 1.807) is 7.11 Å². The predicted octanol–water partition coefficient (Wildman–Crippen LogP) is 2.26. The smallest absolute Gasteiger partial charge is 0.276 e. The van der Waals surface area contributed by atoms with Crippen molar-refractivity contribution in [2.75, 3.05) is 30.9 Å². The van der Waals surface area contributed by atoms with Gasteiger partial charge in [0.25, 0.3) is 5.69 Å². The lowest BCUT2D eigenvalue weighted by atomic mass is 10.2. The summed E-state index contributed by atoms with van der Waals surface area (Å²) in [6.45, 7) is 5.10. The lowest BCUT2D eigenvalue weighted by molar-refractivity contribution is -0.384. The van der Waals surface area contributed by atoms with Gasteiger partial charge in [-0.2, -0.15) is 0 Å². The number of nitrogens with one attached hydrogen (secondary N) is 2. The molecule has 1 aromatic heterocycles. The average Bonchev–Trinajstić information content (AvgIpc) is 2.38. The van der Waals surface area contributed by atoms with Gasteiger partial charge >= 0.3 is 0 Å². The molecule has 0 aromatic carbocycles. The van der Waals surface area contributed by atoms with Crippen LogP contribution < -0.4 is 10.6 Å². The third-order valence-corrected chi connectivity index (χ3v) is 2.59. The Bertz CT molecular complexity index is 425. The maximum Gasteiger partial charge on any atom is 0.276 e. The van der Waals surface area contributed by atoms with Crippen molar-refractivity contribution in [3.05, 3.63) is 22.2 Å². The highest BCUT2D eigenvalue weighted by atomic mass is 16.6. The Kier molecular flexibility index (Phi) is 6.01. The van der Waals surface area contributed by atoms with E-state index >= 15 is 0 Å². The zero-order valence-electron chi connectivity index (χ0n) is 11.5. The van der Waals surface area contributed by atoms with Gasteiger partial charge in [0.2, 0.25) is 0 Å². The zero-order valence-corrected chi connectivity index (χ0v) is 11.5. The molecule has 19 heavy (non-hydrogen) atoms. The third kappa shape index (κ3) is 4.70. The van der Waals surface area contributed by atoms with Crippen LogP contribution in [0.3, 0.4) is 0 Å². The highest BCUT2D eigenvalue weighted by molar-refractivity contribution is 5.55. The van der Waals surface area contributed by atoms with Gasteiger partial charge in [-0.25, -0.2) is 4.98 Å². The molecule has 0 spiro atoms. The Morgan fingerprint density at radius 3 is 2.63 bits per heavy atom. The van der Waals surface area contributed by atoms with Crippen LogP contribution in [0.2, 0.25) is 0 Å². The summed E-state index contributed by atoms with van der Waals surface area (Å²) in [7, 11) is 1.62. The number of nitro groups is 1. The van der Waals surface area contributed by atoms with E-state index in [-0.39, 0.29) is 11.7 Å². The van der Waals surface area contributed by atoms with Crippen molar-refractivity contribution in [2.24, 2.45) is 0 Å². The number of ether oxygens (including phenoxy) is 1. The molecular weight excluding hydrogens is 248 g/mol. The van der Waals surface area contributed by atoms with Crippen molar-refractivity contribution >= 4 is 17.3 Å². The maximum absolute atomic E-state index is 10.9. The molecule has 0 aliphatic carbocycles. The molecule has 7 heteroatoms. The molecule has 1 rings (SSSR count). The number of hydrogen-bond acceptors (Lipinski definition) is 6. The van der Waals surface area contributed by atoms with Crippen molar-refractivity contribution in [1.82, 2.24) is 4.98 Å². The van der Waals surface area contributed by atoms with Crippen LogP contribution in [0, 0.1) is 10.1 Å². The SMILES string of the molecule is CCNc1cc([N+](=O)[O-])cc(NC(CC)COC)n1. The highest BCUT2D eigenvalue weighted by Crippen LogP contribution is 2.21. The van der Waals surface area contributed by atoms with Gasteiger partial charge in [0.05, 0.1) is 29.7 Å². The molecule has 1 heterocycles. The molecule has 1 unspecified atom stereocenters. The van der Waals surface area contributed by atoms with Crippen LogP contribution in [0.15, 0.2) is 12.1 Å².